The van der Waals surface area contributed by atoms with Crippen molar-refractivity contribution in [2.75, 3.05) is 11.9 Å². The molecule has 124 valence electrons. The lowest BCUT2D eigenvalue weighted by molar-refractivity contribution is 0.267. The van der Waals surface area contributed by atoms with Gasteiger partial charge in [-0.15, -0.1) is 0 Å². The normalized spacial score (nSPS) is 22.5. The molecule has 1 saturated carbocycles. The number of rotatable bonds is 6. The van der Waals surface area contributed by atoms with Gasteiger partial charge in [0.2, 0.25) is 0 Å². The number of nitrogens with one attached hydrogen (secondary N) is 1. The average Bonchev–Trinajstić information content (AvgIpc) is 2.75. The van der Waals surface area contributed by atoms with Gasteiger partial charge in [-0.25, -0.2) is 22.9 Å². The van der Waals surface area contributed by atoms with Crippen LogP contribution in [0.3, 0.4) is 0 Å². The minimum Gasteiger partial charge on any atom is -0.367 e. The number of alkyl halides is 1. The Hall–Kier alpha value is -1.21. The Balaban J connectivity index is 1.85. The number of pyridine rings is 1. The summed E-state index contributed by atoms with van der Waals surface area (Å²) in [6, 6.07) is 4.44. The third-order valence-electron chi connectivity index (χ3n) is 4.18. The first-order chi connectivity index (χ1) is 10.2. The lowest BCUT2D eigenvalue weighted by atomic mass is 9.89. The molecule has 2 unspecified atom stereocenters. The maximum Gasteiger partial charge on any atom is 0.255 e. The van der Waals surface area contributed by atoms with Crippen LogP contribution in [0.4, 0.5) is 10.2 Å². The van der Waals surface area contributed by atoms with E-state index >= 15 is 0 Å². The van der Waals surface area contributed by atoms with Crippen LogP contribution in [0.1, 0.15) is 39.5 Å². The van der Waals surface area contributed by atoms with Crippen molar-refractivity contribution in [3.63, 3.8) is 0 Å². The lowest BCUT2D eigenvalue weighted by Gasteiger charge is -2.18. The summed E-state index contributed by atoms with van der Waals surface area (Å²) in [6.45, 7) is 4.57. The van der Waals surface area contributed by atoms with Gasteiger partial charge in [-0.05, 0) is 49.1 Å². The van der Waals surface area contributed by atoms with Gasteiger partial charge in [0.05, 0.1) is 0 Å². The van der Waals surface area contributed by atoms with Crippen LogP contribution in [-0.4, -0.2) is 26.1 Å². The third kappa shape index (κ3) is 4.91. The van der Waals surface area contributed by atoms with E-state index in [-0.39, 0.29) is 11.6 Å². The second-order valence-electron chi connectivity index (χ2n) is 6.89. The van der Waals surface area contributed by atoms with Crippen molar-refractivity contribution in [3.05, 3.63) is 18.2 Å². The molecule has 1 fully saturated rings. The fourth-order valence-corrected chi connectivity index (χ4v) is 3.61. The second kappa shape index (κ2) is 6.50. The first-order valence-electron chi connectivity index (χ1n) is 7.53. The number of hydrogen-bond donors (Lipinski definition) is 2. The summed E-state index contributed by atoms with van der Waals surface area (Å²) in [7, 11) is -3.84. The standard InChI is InChI=1S/C15H24FN3O2S/c1-15(2)7-6-11(9-15)8-12(16)10-18-13-4-3-5-14(19-13)22(17,20)21/h3-5,11-12H,6-10H2,1-2H3,(H,18,19)(H2,17,20,21). The van der Waals surface area contributed by atoms with Gasteiger partial charge in [0, 0.05) is 6.54 Å². The van der Waals surface area contributed by atoms with Crippen LogP contribution in [0.15, 0.2) is 23.2 Å². The second-order valence-corrected chi connectivity index (χ2v) is 8.40. The summed E-state index contributed by atoms with van der Waals surface area (Å²) < 4.78 is 36.5. The van der Waals surface area contributed by atoms with Crippen LogP contribution in [0.5, 0.6) is 0 Å². The number of anilines is 1. The van der Waals surface area contributed by atoms with Gasteiger partial charge in [-0.2, -0.15) is 0 Å². The number of halogens is 1. The van der Waals surface area contributed by atoms with Crippen molar-refractivity contribution in [2.24, 2.45) is 16.5 Å². The van der Waals surface area contributed by atoms with Crippen molar-refractivity contribution >= 4 is 15.8 Å². The molecule has 1 heterocycles. The molecule has 3 N–H and O–H groups in total. The van der Waals surface area contributed by atoms with E-state index in [1.54, 1.807) is 6.07 Å². The van der Waals surface area contributed by atoms with Gasteiger partial charge < -0.3 is 5.32 Å². The molecule has 0 bridgehead atoms. The predicted molar refractivity (Wildman–Crippen MR) is 84.7 cm³/mol. The van der Waals surface area contributed by atoms with E-state index in [0.29, 0.717) is 23.6 Å². The molecule has 0 aromatic carbocycles. The van der Waals surface area contributed by atoms with E-state index < -0.39 is 16.2 Å². The van der Waals surface area contributed by atoms with E-state index in [9.17, 15) is 12.8 Å². The zero-order valence-electron chi connectivity index (χ0n) is 13.0. The first kappa shape index (κ1) is 17.1. The number of primary sulfonamides is 1. The molecule has 7 heteroatoms. The van der Waals surface area contributed by atoms with E-state index in [2.05, 4.69) is 24.1 Å². The highest BCUT2D eigenvalue weighted by Crippen LogP contribution is 2.42. The number of hydrogen-bond acceptors (Lipinski definition) is 4. The smallest absolute Gasteiger partial charge is 0.255 e. The SMILES string of the molecule is CC1(C)CCC(CC(F)CNc2cccc(S(N)(=O)=O)n2)C1. The molecule has 1 aromatic rings. The van der Waals surface area contributed by atoms with Gasteiger partial charge in [0.1, 0.15) is 12.0 Å². The number of nitrogens with two attached hydrogens (primary N) is 1. The molecule has 0 amide bonds. The topological polar surface area (TPSA) is 85.1 Å². The largest absolute Gasteiger partial charge is 0.367 e. The Morgan fingerprint density at radius 1 is 1.50 bits per heavy atom. The van der Waals surface area contributed by atoms with E-state index in [0.717, 1.165) is 19.3 Å². The molecule has 22 heavy (non-hydrogen) atoms. The highest BCUT2D eigenvalue weighted by atomic mass is 32.2. The Morgan fingerprint density at radius 2 is 2.23 bits per heavy atom. The van der Waals surface area contributed by atoms with Crippen LogP contribution in [0, 0.1) is 11.3 Å². The zero-order valence-corrected chi connectivity index (χ0v) is 13.9. The maximum atomic E-state index is 14.1. The van der Waals surface area contributed by atoms with Gasteiger partial charge in [0.15, 0.2) is 5.03 Å². The van der Waals surface area contributed by atoms with Gasteiger partial charge in [-0.1, -0.05) is 19.9 Å². The summed E-state index contributed by atoms with van der Waals surface area (Å²) in [6.07, 6.45) is 2.85. The summed E-state index contributed by atoms with van der Waals surface area (Å²) in [5, 5.41) is 7.65. The van der Waals surface area contributed by atoms with E-state index in [1.165, 1.54) is 12.1 Å². The van der Waals surface area contributed by atoms with Crippen molar-refractivity contribution < 1.29 is 12.8 Å². The fourth-order valence-electron chi connectivity index (χ4n) is 3.11. The molecule has 1 aliphatic rings. The molecule has 1 aromatic heterocycles. The summed E-state index contributed by atoms with van der Waals surface area (Å²) in [5.74, 6) is 0.747. The van der Waals surface area contributed by atoms with Crippen LogP contribution in [-0.2, 0) is 10.0 Å². The molecule has 0 aliphatic heterocycles. The van der Waals surface area contributed by atoms with Gasteiger partial charge >= 0.3 is 0 Å². The minimum atomic E-state index is -3.84. The molecule has 2 atom stereocenters. The van der Waals surface area contributed by atoms with Crippen LogP contribution in [0.25, 0.3) is 0 Å². The minimum absolute atomic E-state index is 0.123. The van der Waals surface area contributed by atoms with E-state index in [4.69, 9.17) is 5.14 Å². The highest BCUT2D eigenvalue weighted by molar-refractivity contribution is 7.89. The molecule has 0 spiro atoms. The summed E-state index contributed by atoms with van der Waals surface area (Å²) in [5.41, 5.74) is 0.323. The zero-order chi connectivity index (χ0) is 16.4. The van der Waals surface area contributed by atoms with Crippen LogP contribution in [0.2, 0.25) is 0 Å². The van der Waals surface area contributed by atoms with Gasteiger partial charge in [0.25, 0.3) is 10.0 Å². The maximum absolute atomic E-state index is 14.1. The average molecular weight is 329 g/mol. The van der Waals surface area contributed by atoms with Crippen molar-refractivity contribution in [1.82, 2.24) is 4.98 Å². The van der Waals surface area contributed by atoms with Crippen LogP contribution < -0.4 is 10.5 Å². The monoisotopic (exact) mass is 329 g/mol. The molecule has 5 nitrogen and oxygen atoms in total. The Kier molecular flexibility index (Phi) is 5.07. The first-order valence-corrected chi connectivity index (χ1v) is 9.08. The number of aromatic nitrogens is 1. The highest BCUT2D eigenvalue weighted by Gasteiger charge is 2.32. The van der Waals surface area contributed by atoms with Crippen LogP contribution >= 0.6 is 0 Å². The number of sulfonamides is 1. The Morgan fingerprint density at radius 3 is 2.82 bits per heavy atom. The van der Waals surface area contributed by atoms with Crippen molar-refractivity contribution in [1.29, 1.82) is 0 Å². The Labute approximate surface area is 131 Å². The lowest BCUT2D eigenvalue weighted by Crippen LogP contribution is -2.20. The molecule has 0 radical (unpaired) electrons. The quantitative estimate of drug-likeness (QED) is 0.840. The summed E-state index contributed by atoms with van der Waals surface area (Å²) in [4.78, 5) is 3.88. The fraction of sp³-hybridized carbons (Fsp3) is 0.667. The molecular formula is C15H24FN3O2S. The van der Waals surface area contributed by atoms with Gasteiger partial charge in [-0.3, -0.25) is 0 Å². The molecular weight excluding hydrogens is 305 g/mol. The summed E-state index contributed by atoms with van der Waals surface area (Å²) >= 11 is 0. The Bertz CT molecular complexity index is 619. The molecule has 0 saturated heterocycles. The predicted octanol–water partition coefficient (Wildman–Crippen LogP) is 2.70. The van der Waals surface area contributed by atoms with Crippen molar-refractivity contribution in [2.45, 2.75) is 50.7 Å². The molecule has 1 aliphatic carbocycles. The van der Waals surface area contributed by atoms with E-state index in [1.807, 2.05) is 0 Å². The number of nitrogens with zero attached hydrogens (tertiary/aromatic N) is 1. The third-order valence-corrected chi connectivity index (χ3v) is 4.99. The van der Waals surface area contributed by atoms with Crippen molar-refractivity contribution in [3.8, 4) is 0 Å². The molecule has 2 rings (SSSR count).